The predicted molar refractivity (Wildman–Crippen MR) is 75.3 cm³/mol. The Bertz CT molecular complexity index is 320. The van der Waals surface area contributed by atoms with Gasteiger partial charge in [0, 0.05) is 31.1 Å². The lowest BCUT2D eigenvalue weighted by Gasteiger charge is -2.17. The van der Waals surface area contributed by atoms with Crippen LogP contribution in [0.5, 0.6) is 0 Å². The monoisotopic (exact) mass is 255 g/mol. The fourth-order valence-corrected chi connectivity index (χ4v) is 2.49. The zero-order valence-corrected chi connectivity index (χ0v) is 12.5. The highest BCUT2D eigenvalue weighted by Gasteiger charge is 2.07. The maximum atomic E-state index is 4.64. The van der Waals surface area contributed by atoms with Gasteiger partial charge in [-0.2, -0.15) is 0 Å². The van der Waals surface area contributed by atoms with Crippen molar-refractivity contribution in [3.8, 4) is 0 Å². The summed E-state index contributed by atoms with van der Waals surface area (Å²) >= 11 is 1.75. The number of nitrogens with one attached hydrogen (secondary N) is 1. The van der Waals surface area contributed by atoms with E-state index < -0.39 is 0 Å². The van der Waals surface area contributed by atoms with E-state index in [9.17, 15) is 0 Å². The SMILES string of the molecule is CC(C)CN(C)Cc1csc(CNC(C)C)n1. The number of aromatic nitrogens is 1. The molecule has 1 rings (SSSR count). The molecule has 0 aliphatic heterocycles. The Balaban J connectivity index is 2.39. The highest BCUT2D eigenvalue weighted by atomic mass is 32.1. The summed E-state index contributed by atoms with van der Waals surface area (Å²) < 4.78 is 0. The van der Waals surface area contributed by atoms with Crippen LogP contribution in [-0.2, 0) is 13.1 Å². The fraction of sp³-hybridized carbons (Fsp3) is 0.769. The van der Waals surface area contributed by atoms with Crippen LogP contribution in [0.15, 0.2) is 5.38 Å². The van der Waals surface area contributed by atoms with E-state index >= 15 is 0 Å². The molecule has 0 spiro atoms. The topological polar surface area (TPSA) is 28.2 Å². The normalized spacial score (nSPS) is 12.0. The molecule has 17 heavy (non-hydrogen) atoms. The molecule has 3 nitrogen and oxygen atoms in total. The molecule has 1 aromatic rings. The molecule has 0 bridgehead atoms. The van der Waals surface area contributed by atoms with Gasteiger partial charge >= 0.3 is 0 Å². The van der Waals surface area contributed by atoms with E-state index in [-0.39, 0.29) is 0 Å². The molecule has 0 atom stereocenters. The van der Waals surface area contributed by atoms with Crippen LogP contribution in [0, 0.1) is 5.92 Å². The average molecular weight is 255 g/mol. The lowest BCUT2D eigenvalue weighted by atomic mass is 10.2. The minimum absolute atomic E-state index is 0.519. The van der Waals surface area contributed by atoms with Crippen LogP contribution in [0.25, 0.3) is 0 Å². The van der Waals surface area contributed by atoms with E-state index in [1.54, 1.807) is 11.3 Å². The second-order valence-corrected chi connectivity index (χ2v) is 6.30. The summed E-state index contributed by atoms with van der Waals surface area (Å²) in [5, 5.41) is 6.76. The van der Waals surface area contributed by atoms with Gasteiger partial charge in [0.15, 0.2) is 0 Å². The van der Waals surface area contributed by atoms with Crippen molar-refractivity contribution in [3.05, 3.63) is 16.1 Å². The smallest absolute Gasteiger partial charge is 0.107 e. The van der Waals surface area contributed by atoms with Gasteiger partial charge < -0.3 is 10.2 Å². The van der Waals surface area contributed by atoms with Gasteiger partial charge in [0.05, 0.1) is 5.69 Å². The standard InChI is InChI=1S/C13H25N3S/c1-10(2)7-16(5)8-12-9-17-13(15-12)6-14-11(3)4/h9-11,14H,6-8H2,1-5H3. The van der Waals surface area contributed by atoms with E-state index in [2.05, 4.69) is 55.3 Å². The summed E-state index contributed by atoms with van der Waals surface area (Å²) in [5.41, 5.74) is 1.19. The molecule has 0 aliphatic rings. The van der Waals surface area contributed by atoms with Gasteiger partial charge in [0.2, 0.25) is 0 Å². The highest BCUT2D eigenvalue weighted by Crippen LogP contribution is 2.12. The molecule has 1 aromatic heterocycles. The van der Waals surface area contributed by atoms with Gasteiger partial charge in [-0.05, 0) is 13.0 Å². The van der Waals surface area contributed by atoms with Crippen molar-refractivity contribution in [2.45, 2.75) is 46.8 Å². The number of hydrogen-bond donors (Lipinski definition) is 1. The van der Waals surface area contributed by atoms with Crippen LogP contribution < -0.4 is 5.32 Å². The summed E-state index contributed by atoms with van der Waals surface area (Å²) in [5.74, 6) is 0.709. The average Bonchev–Trinajstić information content (AvgIpc) is 2.61. The third-order valence-electron chi connectivity index (χ3n) is 2.37. The van der Waals surface area contributed by atoms with Gasteiger partial charge in [0.1, 0.15) is 5.01 Å². The Labute approximate surface area is 109 Å². The van der Waals surface area contributed by atoms with E-state index in [1.807, 2.05) is 0 Å². The molecule has 4 heteroatoms. The second kappa shape index (κ2) is 7.09. The number of nitrogens with zero attached hydrogens (tertiary/aromatic N) is 2. The molecule has 0 radical (unpaired) electrons. The first-order valence-electron chi connectivity index (χ1n) is 6.32. The van der Waals surface area contributed by atoms with E-state index in [1.165, 1.54) is 10.7 Å². The Kier molecular flexibility index (Phi) is 6.09. The molecule has 0 unspecified atom stereocenters. The quantitative estimate of drug-likeness (QED) is 0.812. The molecule has 1 N–H and O–H groups in total. The van der Waals surface area contributed by atoms with Crippen LogP contribution >= 0.6 is 11.3 Å². The van der Waals surface area contributed by atoms with Gasteiger partial charge in [-0.1, -0.05) is 27.7 Å². The Morgan fingerprint density at radius 2 is 2.06 bits per heavy atom. The van der Waals surface area contributed by atoms with Crippen molar-refractivity contribution in [2.75, 3.05) is 13.6 Å². The summed E-state index contributed by atoms with van der Waals surface area (Å²) in [6, 6.07) is 0.519. The van der Waals surface area contributed by atoms with Crippen LogP contribution in [0.4, 0.5) is 0 Å². The van der Waals surface area contributed by atoms with Crippen LogP contribution in [0.1, 0.15) is 38.4 Å². The van der Waals surface area contributed by atoms with Crippen molar-refractivity contribution < 1.29 is 0 Å². The zero-order valence-electron chi connectivity index (χ0n) is 11.7. The Hall–Kier alpha value is -0.450. The van der Waals surface area contributed by atoms with Crippen LogP contribution in [-0.4, -0.2) is 29.5 Å². The minimum atomic E-state index is 0.519. The Morgan fingerprint density at radius 1 is 1.35 bits per heavy atom. The van der Waals surface area contributed by atoms with Crippen molar-refractivity contribution in [1.82, 2.24) is 15.2 Å². The van der Waals surface area contributed by atoms with Gasteiger partial charge in [-0.15, -0.1) is 11.3 Å². The number of rotatable bonds is 7. The second-order valence-electron chi connectivity index (χ2n) is 5.36. The summed E-state index contributed by atoms with van der Waals surface area (Å²) in [7, 11) is 2.16. The predicted octanol–water partition coefficient (Wildman–Crippen LogP) is 2.73. The molecule has 0 saturated carbocycles. The van der Waals surface area contributed by atoms with Crippen molar-refractivity contribution in [2.24, 2.45) is 5.92 Å². The maximum absolute atomic E-state index is 4.64. The van der Waals surface area contributed by atoms with Gasteiger partial charge in [-0.3, -0.25) is 0 Å². The number of thiazole rings is 1. The molecule has 1 heterocycles. The Morgan fingerprint density at radius 3 is 2.65 bits per heavy atom. The molecule has 0 fully saturated rings. The zero-order chi connectivity index (χ0) is 12.8. The molecule has 98 valence electrons. The first kappa shape index (κ1) is 14.6. The van der Waals surface area contributed by atoms with E-state index in [0.717, 1.165) is 19.6 Å². The fourth-order valence-electron chi connectivity index (χ4n) is 1.76. The third-order valence-corrected chi connectivity index (χ3v) is 3.27. The molecule has 0 saturated heterocycles. The van der Waals surface area contributed by atoms with Crippen molar-refractivity contribution in [1.29, 1.82) is 0 Å². The molecule has 0 aromatic carbocycles. The molecular formula is C13H25N3S. The first-order chi connectivity index (χ1) is 7.97. The van der Waals surface area contributed by atoms with Crippen LogP contribution in [0.3, 0.4) is 0 Å². The van der Waals surface area contributed by atoms with E-state index in [0.29, 0.717) is 12.0 Å². The summed E-state index contributed by atoms with van der Waals surface area (Å²) in [6.07, 6.45) is 0. The highest BCUT2D eigenvalue weighted by molar-refractivity contribution is 7.09. The van der Waals surface area contributed by atoms with E-state index in [4.69, 9.17) is 0 Å². The molecule has 0 amide bonds. The molecular weight excluding hydrogens is 230 g/mol. The largest absolute Gasteiger partial charge is 0.308 e. The van der Waals surface area contributed by atoms with Gasteiger partial charge in [-0.25, -0.2) is 4.98 Å². The van der Waals surface area contributed by atoms with Crippen molar-refractivity contribution in [3.63, 3.8) is 0 Å². The lowest BCUT2D eigenvalue weighted by Crippen LogP contribution is -2.23. The van der Waals surface area contributed by atoms with Crippen LogP contribution in [0.2, 0.25) is 0 Å². The third kappa shape index (κ3) is 6.15. The lowest BCUT2D eigenvalue weighted by molar-refractivity contribution is 0.285. The summed E-state index contributed by atoms with van der Waals surface area (Å²) in [6.45, 7) is 11.8. The van der Waals surface area contributed by atoms with Gasteiger partial charge in [0.25, 0.3) is 0 Å². The minimum Gasteiger partial charge on any atom is -0.308 e. The molecule has 0 aliphatic carbocycles. The van der Waals surface area contributed by atoms with Crippen molar-refractivity contribution >= 4 is 11.3 Å². The number of hydrogen-bond acceptors (Lipinski definition) is 4. The summed E-state index contributed by atoms with van der Waals surface area (Å²) in [4.78, 5) is 6.98. The first-order valence-corrected chi connectivity index (χ1v) is 7.20. The maximum Gasteiger partial charge on any atom is 0.107 e.